The van der Waals surface area contributed by atoms with E-state index in [1.54, 1.807) is 0 Å². The van der Waals surface area contributed by atoms with Crippen LogP contribution in [0.4, 0.5) is 0 Å². The summed E-state index contributed by atoms with van der Waals surface area (Å²) >= 11 is 1.19. The number of carbonyl (C=O) groups is 1. The Morgan fingerprint density at radius 3 is 2.53 bits per heavy atom. The second-order valence-corrected chi connectivity index (χ2v) is 5.35. The topological polar surface area (TPSA) is 37.3 Å². The van der Waals surface area contributed by atoms with Gasteiger partial charge >= 0.3 is 0 Å². The van der Waals surface area contributed by atoms with Crippen LogP contribution in [-0.4, -0.2) is 15.0 Å². The number of rotatable bonds is 2. The van der Waals surface area contributed by atoms with Crippen molar-refractivity contribution < 1.29 is 9.90 Å². The van der Waals surface area contributed by atoms with Crippen molar-refractivity contribution in [3.05, 3.63) is 47.7 Å². The smallest absolute Gasteiger partial charge is 0.216 e. The Balaban J connectivity index is 2.20. The number of hydrogen-bond acceptors (Lipinski definition) is 3. The van der Waals surface area contributed by atoms with Gasteiger partial charge in [-0.15, -0.1) is 0 Å². The molecule has 15 heavy (non-hydrogen) atoms. The van der Waals surface area contributed by atoms with Gasteiger partial charge in [0.15, 0.2) is 0 Å². The van der Waals surface area contributed by atoms with Gasteiger partial charge in [0.25, 0.3) is 0 Å². The first-order valence-electron chi connectivity index (χ1n) is 4.78. The molecule has 0 fully saturated rings. The number of aliphatic hydroxyl groups is 1. The van der Waals surface area contributed by atoms with Crippen molar-refractivity contribution >= 4 is 16.9 Å². The van der Waals surface area contributed by atoms with Crippen LogP contribution in [0.5, 0.6) is 0 Å². The molecule has 0 spiro atoms. The second kappa shape index (κ2) is 3.74. The minimum absolute atomic E-state index is 0.0640. The van der Waals surface area contributed by atoms with Crippen molar-refractivity contribution in [1.29, 1.82) is 0 Å². The average molecular weight is 220 g/mol. The molecule has 0 aliphatic carbocycles. The highest BCUT2D eigenvalue weighted by Crippen LogP contribution is 2.40. The zero-order valence-electron chi connectivity index (χ0n) is 8.43. The fraction of sp³-hybridized carbons (Fsp3) is 0.250. The summed E-state index contributed by atoms with van der Waals surface area (Å²) in [6, 6.07) is 9.88. The molecule has 2 nitrogen and oxygen atoms in total. The molecule has 0 bridgehead atoms. The molecule has 0 aromatic heterocycles. The first kappa shape index (κ1) is 10.3. The van der Waals surface area contributed by atoms with Crippen LogP contribution in [0.25, 0.3) is 0 Å². The molecule has 2 rings (SSSR count). The standard InChI is InChI=1S/C12H12O2S/c1-12(10(13)7-11(14)15-12)8-9-5-3-2-4-6-9/h2-7,13H,8H2,1H3. The van der Waals surface area contributed by atoms with Crippen molar-refractivity contribution in [3.63, 3.8) is 0 Å². The molecular weight excluding hydrogens is 208 g/mol. The Kier molecular flexibility index (Phi) is 2.57. The lowest BCUT2D eigenvalue weighted by Gasteiger charge is -2.22. The summed E-state index contributed by atoms with van der Waals surface area (Å²) in [4.78, 5) is 11.2. The predicted octanol–water partition coefficient (Wildman–Crippen LogP) is 2.70. The number of thioether (sulfide) groups is 1. The van der Waals surface area contributed by atoms with Crippen LogP contribution in [-0.2, 0) is 11.2 Å². The third-order valence-corrected chi connectivity index (χ3v) is 3.63. The molecule has 1 aliphatic rings. The van der Waals surface area contributed by atoms with Gasteiger partial charge in [0.2, 0.25) is 5.12 Å². The molecule has 0 saturated carbocycles. The quantitative estimate of drug-likeness (QED) is 0.832. The molecule has 1 atom stereocenters. The van der Waals surface area contributed by atoms with Crippen LogP contribution in [0.1, 0.15) is 12.5 Å². The summed E-state index contributed by atoms with van der Waals surface area (Å²) in [5.41, 5.74) is 1.13. The Hall–Kier alpha value is -1.22. The van der Waals surface area contributed by atoms with Crippen LogP contribution in [0.3, 0.4) is 0 Å². The zero-order chi connectivity index (χ0) is 10.9. The molecule has 0 amide bonds. The van der Waals surface area contributed by atoms with Gasteiger partial charge in [0.05, 0.1) is 4.75 Å². The van der Waals surface area contributed by atoms with E-state index in [4.69, 9.17) is 0 Å². The second-order valence-electron chi connectivity index (χ2n) is 3.84. The summed E-state index contributed by atoms with van der Waals surface area (Å²) in [5.74, 6) is 0.182. The fourth-order valence-electron chi connectivity index (χ4n) is 1.68. The van der Waals surface area contributed by atoms with E-state index in [1.165, 1.54) is 17.8 Å². The van der Waals surface area contributed by atoms with E-state index in [9.17, 15) is 9.90 Å². The van der Waals surface area contributed by atoms with Crippen LogP contribution in [0, 0.1) is 0 Å². The van der Waals surface area contributed by atoms with Crippen LogP contribution < -0.4 is 0 Å². The Bertz CT molecular complexity index is 411. The van der Waals surface area contributed by atoms with E-state index in [0.29, 0.717) is 6.42 Å². The molecule has 1 aliphatic heterocycles. The van der Waals surface area contributed by atoms with Gasteiger partial charge < -0.3 is 5.11 Å². The normalized spacial score (nSPS) is 25.4. The lowest BCUT2D eigenvalue weighted by atomic mass is 9.98. The highest BCUT2D eigenvalue weighted by Gasteiger charge is 2.38. The van der Waals surface area contributed by atoms with Crippen molar-refractivity contribution in [2.24, 2.45) is 0 Å². The van der Waals surface area contributed by atoms with Crippen molar-refractivity contribution in [2.45, 2.75) is 18.1 Å². The predicted molar refractivity (Wildman–Crippen MR) is 61.9 cm³/mol. The molecule has 1 heterocycles. The lowest BCUT2D eigenvalue weighted by molar-refractivity contribution is -0.106. The SMILES string of the molecule is CC1(Cc2ccccc2)SC(=O)C=C1O. The van der Waals surface area contributed by atoms with E-state index in [2.05, 4.69) is 0 Å². The van der Waals surface area contributed by atoms with Gasteiger partial charge in [-0.1, -0.05) is 42.1 Å². The van der Waals surface area contributed by atoms with Crippen LogP contribution in [0.15, 0.2) is 42.2 Å². The maximum Gasteiger partial charge on any atom is 0.216 e. The van der Waals surface area contributed by atoms with Gasteiger partial charge in [-0.2, -0.15) is 0 Å². The minimum Gasteiger partial charge on any atom is -0.511 e. The number of hydrogen-bond donors (Lipinski definition) is 1. The van der Waals surface area contributed by atoms with E-state index in [0.717, 1.165) is 5.56 Å². The Morgan fingerprint density at radius 2 is 2.00 bits per heavy atom. The molecule has 1 aromatic carbocycles. The monoisotopic (exact) mass is 220 g/mol. The van der Waals surface area contributed by atoms with E-state index in [1.807, 2.05) is 37.3 Å². The molecule has 1 unspecified atom stereocenters. The number of aliphatic hydroxyl groups excluding tert-OH is 1. The third-order valence-electron chi connectivity index (χ3n) is 2.51. The summed E-state index contributed by atoms with van der Waals surface area (Å²) in [7, 11) is 0. The van der Waals surface area contributed by atoms with Gasteiger partial charge in [-0.3, -0.25) is 4.79 Å². The summed E-state index contributed by atoms with van der Waals surface area (Å²) in [6.45, 7) is 1.89. The van der Waals surface area contributed by atoms with Crippen molar-refractivity contribution in [2.75, 3.05) is 0 Å². The maximum atomic E-state index is 11.2. The summed E-state index contributed by atoms with van der Waals surface area (Å²) in [6.07, 6.45) is 1.99. The van der Waals surface area contributed by atoms with Crippen LogP contribution in [0.2, 0.25) is 0 Å². The van der Waals surface area contributed by atoms with E-state index in [-0.39, 0.29) is 10.9 Å². The summed E-state index contributed by atoms with van der Waals surface area (Å²) < 4.78 is -0.488. The lowest BCUT2D eigenvalue weighted by Crippen LogP contribution is -2.23. The van der Waals surface area contributed by atoms with Crippen molar-refractivity contribution in [1.82, 2.24) is 0 Å². The first-order valence-corrected chi connectivity index (χ1v) is 5.60. The summed E-state index contributed by atoms with van der Waals surface area (Å²) in [5, 5.41) is 9.64. The molecule has 0 saturated heterocycles. The molecule has 1 N–H and O–H groups in total. The van der Waals surface area contributed by atoms with Gasteiger partial charge in [0, 0.05) is 6.08 Å². The van der Waals surface area contributed by atoms with E-state index < -0.39 is 4.75 Å². The number of carbonyl (C=O) groups excluding carboxylic acids is 1. The third kappa shape index (κ3) is 2.07. The Morgan fingerprint density at radius 1 is 1.33 bits per heavy atom. The van der Waals surface area contributed by atoms with Gasteiger partial charge in [0.1, 0.15) is 5.76 Å². The molecule has 1 aromatic rings. The van der Waals surface area contributed by atoms with Gasteiger partial charge in [-0.25, -0.2) is 0 Å². The minimum atomic E-state index is -0.488. The molecule has 3 heteroatoms. The van der Waals surface area contributed by atoms with Crippen molar-refractivity contribution in [3.8, 4) is 0 Å². The zero-order valence-corrected chi connectivity index (χ0v) is 9.25. The van der Waals surface area contributed by atoms with Gasteiger partial charge in [-0.05, 0) is 18.9 Å². The molecular formula is C12H12O2S. The maximum absolute atomic E-state index is 11.2. The largest absolute Gasteiger partial charge is 0.511 e. The molecule has 78 valence electrons. The van der Waals surface area contributed by atoms with E-state index >= 15 is 0 Å². The average Bonchev–Trinajstić information content (AvgIpc) is 2.41. The number of benzene rings is 1. The fourth-order valence-corrected chi connectivity index (χ4v) is 2.70. The first-order chi connectivity index (χ1) is 7.10. The highest BCUT2D eigenvalue weighted by atomic mass is 32.2. The van der Waals surface area contributed by atoms with Crippen LogP contribution >= 0.6 is 11.8 Å². The highest BCUT2D eigenvalue weighted by molar-refractivity contribution is 8.15. The molecule has 0 radical (unpaired) electrons. The Labute approximate surface area is 93.0 Å².